The van der Waals surface area contributed by atoms with E-state index in [9.17, 15) is 14.7 Å². The maximum atomic E-state index is 11.6. The zero-order valence-corrected chi connectivity index (χ0v) is 9.59. The van der Waals surface area contributed by atoms with E-state index in [1.807, 2.05) is 0 Å². The summed E-state index contributed by atoms with van der Waals surface area (Å²) in [5.74, 6) is -1.90. The highest BCUT2D eigenvalue weighted by Gasteiger charge is 2.15. The van der Waals surface area contributed by atoms with Gasteiger partial charge in [-0.1, -0.05) is 6.08 Å². The second-order valence-electron chi connectivity index (χ2n) is 3.66. The lowest BCUT2D eigenvalue weighted by Crippen LogP contribution is -2.35. The molecule has 6 heteroatoms. The molecule has 1 atom stereocenters. The molecule has 0 saturated carbocycles. The van der Waals surface area contributed by atoms with Crippen molar-refractivity contribution >= 4 is 17.6 Å². The molecule has 0 saturated heterocycles. The lowest BCUT2D eigenvalue weighted by atomic mass is 10.1. The third kappa shape index (κ3) is 3.33. The molecule has 0 aliphatic rings. The Labute approximate surface area is 104 Å². The van der Waals surface area contributed by atoms with Crippen molar-refractivity contribution in [2.45, 2.75) is 12.5 Å². The second kappa shape index (κ2) is 5.83. The van der Waals surface area contributed by atoms with Gasteiger partial charge in [-0.15, -0.1) is 6.58 Å². The minimum atomic E-state index is -1.15. The number of aromatic carboxylic acids is 1. The molecule has 1 aromatic rings. The fourth-order valence-corrected chi connectivity index (χ4v) is 1.28. The SMILES string of the molecule is C=CCC(N)C(=O)Nc1cc(C(=O)O)ccc1O. The van der Waals surface area contributed by atoms with Crippen LogP contribution in [-0.2, 0) is 4.79 Å². The molecule has 1 aromatic carbocycles. The average Bonchev–Trinajstić information content (AvgIpc) is 2.31. The molecular formula is C12H14N2O4. The Hall–Kier alpha value is -2.34. The molecule has 1 amide bonds. The Balaban J connectivity index is 2.89. The van der Waals surface area contributed by atoms with Crippen molar-refractivity contribution < 1.29 is 19.8 Å². The number of carbonyl (C=O) groups excluding carboxylic acids is 1. The third-order valence-corrected chi connectivity index (χ3v) is 2.26. The minimum absolute atomic E-state index is 0.0133. The standard InChI is InChI=1S/C12H14N2O4/c1-2-3-8(13)11(16)14-9-6-7(12(17)18)4-5-10(9)15/h2,4-6,8,15H,1,3,13H2,(H,14,16)(H,17,18). The van der Waals surface area contributed by atoms with E-state index in [0.717, 1.165) is 6.07 Å². The monoisotopic (exact) mass is 250 g/mol. The number of hydrogen-bond donors (Lipinski definition) is 4. The van der Waals surface area contributed by atoms with Crippen LogP contribution in [0.1, 0.15) is 16.8 Å². The van der Waals surface area contributed by atoms with Crippen LogP contribution in [0.4, 0.5) is 5.69 Å². The van der Waals surface area contributed by atoms with Crippen LogP contribution in [0.2, 0.25) is 0 Å². The molecule has 0 radical (unpaired) electrons. The number of rotatable bonds is 5. The van der Waals surface area contributed by atoms with Gasteiger partial charge in [0, 0.05) is 0 Å². The Morgan fingerprint density at radius 3 is 2.72 bits per heavy atom. The molecule has 0 aliphatic heterocycles. The van der Waals surface area contributed by atoms with Crippen molar-refractivity contribution in [3.8, 4) is 5.75 Å². The van der Waals surface area contributed by atoms with Crippen LogP contribution in [-0.4, -0.2) is 28.1 Å². The second-order valence-corrected chi connectivity index (χ2v) is 3.66. The van der Waals surface area contributed by atoms with Gasteiger partial charge >= 0.3 is 5.97 Å². The van der Waals surface area contributed by atoms with Crippen molar-refractivity contribution in [3.05, 3.63) is 36.4 Å². The summed E-state index contributed by atoms with van der Waals surface area (Å²) in [6, 6.07) is 2.79. The zero-order chi connectivity index (χ0) is 13.7. The molecule has 0 fully saturated rings. The largest absolute Gasteiger partial charge is 0.506 e. The number of carboxylic acid groups (broad SMARTS) is 1. The summed E-state index contributed by atoms with van der Waals surface area (Å²) in [7, 11) is 0. The van der Waals surface area contributed by atoms with Gasteiger partial charge in [-0.2, -0.15) is 0 Å². The van der Waals surface area contributed by atoms with E-state index in [-0.39, 0.29) is 23.4 Å². The van der Waals surface area contributed by atoms with E-state index in [1.54, 1.807) is 0 Å². The van der Waals surface area contributed by atoms with Gasteiger partial charge in [0.15, 0.2) is 0 Å². The smallest absolute Gasteiger partial charge is 0.335 e. The molecule has 1 rings (SSSR count). The van der Waals surface area contributed by atoms with E-state index in [1.165, 1.54) is 18.2 Å². The number of aromatic hydroxyl groups is 1. The first-order valence-electron chi connectivity index (χ1n) is 5.19. The summed E-state index contributed by atoms with van der Waals surface area (Å²) in [4.78, 5) is 22.3. The first-order valence-corrected chi connectivity index (χ1v) is 5.19. The van der Waals surface area contributed by atoms with Gasteiger partial charge in [0.1, 0.15) is 5.75 Å². The maximum Gasteiger partial charge on any atom is 0.335 e. The number of carboxylic acids is 1. The van der Waals surface area contributed by atoms with Gasteiger partial charge in [0.2, 0.25) is 5.91 Å². The predicted octanol–water partition coefficient (Wildman–Crippen LogP) is 0.932. The fourth-order valence-electron chi connectivity index (χ4n) is 1.28. The maximum absolute atomic E-state index is 11.6. The summed E-state index contributed by atoms with van der Waals surface area (Å²) in [5, 5.41) is 20.7. The predicted molar refractivity (Wildman–Crippen MR) is 66.5 cm³/mol. The number of phenols is 1. The van der Waals surface area contributed by atoms with Crippen LogP contribution < -0.4 is 11.1 Å². The van der Waals surface area contributed by atoms with Gasteiger partial charge in [-0.3, -0.25) is 4.79 Å². The highest BCUT2D eigenvalue weighted by atomic mass is 16.4. The molecule has 1 unspecified atom stereocenters. The number of hydrogen-bond acceptors (Lipinski definition) is 4. The molecular weight excluding hydrogens is 236 g/mol. The molecule has 0 aliphatic carbocycles. The topological polar surface area (TPSA) is 113 Å². The van der Waals surface area contributed by atoms with E-state index >= 15 is 0 Å². The van der Waals surface area contributed by atoms with Crippen LogP contribution in [0.25, 0.3) is 0 Å². The van der Waals surface area contributed by atoms with Crippen LogP contribution in [0.5, 0.6) is 5.75 Å². The number of anilines is 1. The summed E-state index contributed by atoms with van der Waals surface area (Å²) in [6.07, 6.45) is 1.78. The summed E-state index contributed by atoms with van der Waals surface area (Å²) in [5.41, 5.74) is 5.51. The van der Waals surface area contributed by atoms with E-state index in [0.29, 0.717) is 0 Å². The molecule has 18 heavy (non-hydrogen) atoms. The van der Waals surface area contributed by atoms with Crippen molar-refractivity contribution in [1.82, 2.24) is 0 Å². The highest BCUT2D eigenvalue weighted by molar-refractivity contribution is 5.98. The Morgan fingerprint density at radius 1 is 1.50 bits per heavy atom. The van der Waals surface area contributed by atoms with Crippen molar-refractivity contribution in [2.75, 3.05) is 5.32 Å². The molecule has 96 valence electrons. The normalized spacial score (nSPS) is 11.6. The molecule has 6 nitrogen and oxygen atoms in total. The molecule has 0 spiro atoms. The van der Waals surface area contributed by atoms with Crippen molar-refractivity contribution in [2.24, 2.45) is 5.73 Å². The molecule has 0 aromatic heterocycles. The summed E-state index contributed by atoms with van der Waals surface area (Å²) < 4.78 is 0. The quantitative estimate of drug-likeness (QED) is 0.458. The Morgan fingerprint density at radius 2 is 2.17 bits per heavy atom. The number of carbonyl (C=O) groups is 2. The van der Waals surface area contributed by atoms with Crippen molar-refractivity contribution in [1.29, 1.82) is 0 Å². The van der Waals surface area contributed by atoms with Crippen LogP contribution in [0.15, 0.2) is 30.9 Å². The van der Waals surface area contributed by atoms with Gasteiger partial charge in [-0.25, -0.2) is 4.79 Å². The molecule has 0 heterocycles. The molecule has 5 N–H and O–H groups in total. The Kier molecular flexibility index (Phi) is 4.45. The van der Waals surface area contributed by atoms with Crippen LogP contribution in [0.3, 0.4) is 0 Å². The number of nitrogens with one attached hydrogen (secondary N) is 1. The lowest BCUT2D eigenvalue weighted by molar-refractivity contribution is -0.117. The van der Waals surface area contributed by atoms with Gasteiger partial charge in [0.05, 0.1) is 17.3 Å². The first kappa shape index (κ1) is 13.7. The van der Waals surface area contributed by atoms with Crippen LogP contribution >= 0.6 is 0 Å². The molecule has 0 bridgehead atoms. The van der Waals surface area contributed by atoms with E-state index < -0.39 is 17.9 Å². The summed E-state index contributed by atoms with van der Waals surface area (Å²) >= 11 is 0. The highest BCUT2D eigenvalue weighted by Crippen LogP contribution is 2.24. The average molecular weight is 250 g/mol. The van der Waals surface area contributed by atoms with Crippen molar-refractivity contribution in [3.63, 3.8) is 0 Å². The number of benzene rings is 1. The summed E-state index contributed by atoms with van der Waals surface area (Å²) in [6.45, 7) is 3.46. The van der Waals surface area contributed by atoms with Gasteiger partial charge in [0.25, 0.3) is 0 Å². The third-order valence-electron chi connectivity index (χ3n) is 2.26. The van der Waals surface area contributed by atoms with Gasteiger partial charge < -0.3 is 21.3 Å². The number of amides is 1. The van der Waals surface area contributed by atoms with Gasteiger partial charge in [-0.05, 0) is 24.6 Å². The number of nitrogens with two attached hydrogens (primary N) is 1. The van der Waals surface area contributed by atoms with Crippen LogP contribution in [0, 0.1) is 0 Å². The van der Waals surface area contributed by atoms with E-state index in [2.05, 4.69) is 11.9 Å². The van der Waals surface area contributed by atoms with E-state index in [4.69, 9.17) is 10.8 Å². The Bertz CT molecular complexity index is 485. The minimum Gasteiger partial charge on any atom is -0.506 e. The lowest BCUT2D eigenvalue weighted by Gasteiger charge is -2.11. The fraction of sp³-hybridized carbons (Fsp3) is 0.167. The first-order chi connectivity index (χ1) is 8.45. The number of phenolic OH excluding ortho intramolecular Hbond substituents is 1. The zero-order valence-electron chi connectivity index (χ0n) is 9.59.